The average Bonchev–Trinajstić information content (AvgIpc) is 2.17. The topological polar surface area (TPSA) is 26.0 Å². The van der Waals surface area contributed by atoms with Gasteiger partial charge in [-0.2, -0.15) is 0 Å². The Labute approximate surface area is 58.1 Å². The largest absolute Gasteiger partial charge is 0.359 e. The Morgan fingerprint density at radius 1 is 1.78 bits per heavy atom. The van der Waals surface area contributed by atoms with Crippen LogP contribution in [0.25, 0.3) is 0 Å². The van der Waals surface area contributed by atoms with Gasteiger partial charge in [-0.15, -0.1) is 6.58 Å². The van der Waals surface area contributed by atoms with Crippen LogP contribution in [-0.2, 0) is 0 Å². The van der Waals surface area contributed by atoms with Crippen LogP contribution >= 0.6 is 11.6 Å². The molecule has 0 unspecified atom stereocenters. The van der Waals surface area contributed by atoms with Crippen LogP contribution in [0.1, 0.15) is 5.76 Å². The third-order valence-electron chi connectivity index (χ3n) is 0.782. The van der Waals surface area contributed by atoms with E-state index in [4.69, 9.17) is 16.1 Å². The standard InChI is InChI=1S/C6H5ClNO/c1-2-3-5-4-6(7)8-9-5/h2-4H,1H2. The Balaban J connectivity index is 2.72. The van der Waals surface area contributed by atoms with Gasteiger partial charge in [0, 0.05) is 6.07 Å². The summed E-state index contributed by atoms with van der Waals surface area (Å²) in [6, 6.07) is 1.61. The maximum atomic E-state index is 5.44. The molecule has 0 aliphatic heterocycles. The summed E-state index contributed by atoms with van der Waals surface area (Å²) in [5, 5.41) is 3.81. The summed E-state index contributed by atoms with van der Waals surface area (Å²) in [6.45, 7) is 3.48. The highest BCUT2D eigenvalue weighted by Gasteiger charge is 1.97. The van der Waals surface area contributed by atoms with E-state index in [-0.39, 0.29) is 0 Å². The van der Waals surface area contributed by atoms with Crippen LogP contribution in [0.2, 0.25) is 5.15 Å². The summed E-state index contributed by atoms with van der Waals surface area (Å²) in [7, 11) is 0. The first kappa shape index (κ1) is 6.36. The summed E-state index contributed by atoms with van der Waals surface area (Å²) < 4.78 is 4.70. The molecule has 3 heteroatoms. The fourth-order valence-electron chi connectivity index (χ4n) is 0.461. The van der Waals surface area contributed by atoms with Gasteiger partial charge in [-0.3, -0.25) is 0 Å². The van der Waals surface area contributed by atoms with Crippen LogP contribution in [0.4, 0.5) is 0 Å². The van der Waals surface area contributed by atoms with Crippen molar-refractivity contribution in [3.05, 3.63) is 36.1 Å². The molecule has 1 rings (SSSR count). The van der Waals surface area contributed by atoms with E-state index in [0.29, 0.717) is 10.9 Å². The number of halogens is 1. The van der Waals surface area contributed by atoms with Crippen LogP contribution in [0.5, 0.6) is 0 Å². The second kappa shape index (κ2) is 2.69. The summed E-state index contributed by atoms with van der Waals surface area (Å²) in [6.07, 6.45) is 3.29. The molecule has 0 saturated carbocycles. The lowest BCUT2D eigenvalue weighted by molar-refractivity contribution is 0.404. The van der Waals surface area contributed by atoms with Gasteiger partial charge >= 0.3 is 0 Å². The van der Waals surface area contributed by atoms with Gasteiger partial charge in [0.25, 0.3) is 0 Å². The van der Waals surface area contributed by atoms with Gasteiger partial charge in [0.1, 0.15) is 5.76 Å². The molecule has 0 fully saturated rings. The number of hydrogen-bond donors (Lipinski definition) is 0. The van der Waals surface area contributed by atoms with Crippen LogP contribution in [0.15, 0.2) is 23.2 Å². The number of hydrogen-bond acceptors (Lipinski definition) is 2. The Hall–Kier alpha value is -0.760. The highest BCUT2D eigenvalue weighted by atomic mass is 35.5. The molecule has 1 aromatic heterocycles. The number of nitrogens with zero attached hydrogens (tertiary/aromatic N) is 1. The van der Waals surface area contributed by atoms with Gasteiger partial charge in [0.15, 0.2) is 5.15 Å². The minimum Gasteiger partial charge on any atom is -0.359 e. The van der Waals surface area contributed by atoms with E-state index in [1.54, 1.807) is 18.6 Å². The molecule has 0 N–H and O–H groups in total. The minimum absolute atomic E-state index is 0.364. The first-order valence-corrected chi connectivity index (χ1v) is 2.78. The normalized spacial score (nSPS) is 9.44. The Kier molecular flexibility index (Phi) is 1.90. The quantitative estimate of drug-likeness (QED) is 0.632. The highest BCUT2D eigenvalue weighted by Crippen LogP contribution is 2.09. The van der Waals surface area contributed by atoms with Crippen molar-refractivity contribution in [2.24, 2.45) is 0 Å². The highest BCUT2D eigenvalue weighted by molar-refractivity contribution is 6.29. The van der Waals surface area contributed by atoms with Crippen molar-refractivity contribution in [2.45, 2.75) is 0 Å². The van der Waals surface area contributed by atoms with Crippen LogP contribution in [0.3, 0.4) is 0 Å². The van der Waals surface area contributed by atoms with E-state index >= 15 is 0 Å². The summed E-state index contributed by atoms with van der Waals surface area (Å²) in [4.78, 5) is 0. The van der Waals surface area contributed by atoms with Gasteiger partial charge in [-0.05, 0) is 0 Å². The molecule has 1 heterocycles. The molecule has 0 amide bonds. The number of rotatable bonds is 2. The second-order valence-corrected chi connectivity index (χ2v) is 1.84. The van der Waals surface area contributed by atoms with Crippen molar-refractivity contribution < 1.29 is 4.52 Å². The lowest BCUT2D eigenvalue weighted by atomic mass is 10.3. The molecule has 2 nitrogen and oxygen atoms in total. The number of allylic oxidation sites excluding steroid dienone is 1. The summed E-state index contributed by atoms with van der Waals surface area (Å²) in [5.41, 5.74) is 0. The van der Waals surface area contributed by atoms with Crippen LogP contribution in [0, 0.1) is 6.42 Å². The summed E-state index contributed by atoms with van der Waals surface area (Å²) >= 11 is 5.44. The zero-order valence-corrected chi connectivity index (χ0v) is 5.43. The predicted octanol–water partition coefficient (Wildman–Crippen LogP) is 2.07. The monoisotopic (exact) mass is 142 g/mol. The van der Waals surface area contributed by atoms with Gasteiger partial charge in [-0.1, -0.05) is 22.8 Å². The van der Waals surface area contributed by atoms with E-state index in [2.05, 4.69) is 11.7 Å². The Bertz CT molecular complexity index is 207. The zero-order chi connectivity index (χ0) is 6.69. The van der Waals surface area contributed by atoms with Gasteiger partial charge in [0.2, 0.25) is 0 Å². The van der Waals surface area contributed by atoms with E-state index < -0.39 is 0 Å². The maximum absolute atomic E-state index is 5.44. The van der Waals surface area contributed by atoms with Gasteiger partial charge in [-0.25, -0.2) is 0 Å². The second-order valence-electron chi connectivity index (χ2n) is 1.45. The first-order chi connectivity index (χ1) is 4.33. The van der Waals surface area contributed by atoms with E-state index in [1.807, 2.05) is 0 Å². The molecule has 47 valence electrons. The van der Waals surface area contributed by atoms with Crippen molar-refractivity contribution in [2.75, 3.05) is 0 Å². The molecule has 0 spiro atoms. The zero-order valence-electron chi connectivity index (χ0n) is 4.67. The first-order valence-electron chi connectivity index (χ1n) is 2.41. The van der Waals surface area contributed by atoms with Crippen molar-refractivity contribution >= 4 is 11.6 Å². The minimum atomic E-state index is 0.364. The van der Waals surface area contributed by atoms with Crippen LogP contribution < -0.4 is 0 Å². The van der Waals surface area contributed by atoms with E-state index in [9.17, 15) is 0 Å². The molecule has 9 heavy (non-hydrogen) atoms. The van der Waals surface area contributed by atoms with E-state index in [0.717, 1.165) is 0 Å². The molecule has 0 aromatic carbocycles. The SMILES string of the molecule is C=C[CH]c1cc(Cl)no1. The third-order valence-corrected chi connectivity index (χ3v) is 0.960. The lowest BCUT2D eigenvalue weighted by Gasteiger charge is -1.78. The fraction of sp³-hybridized carbons (Fsp3) is 0. The van der Waals surface area contributed by atoms with Crippen LogP contribution in [-0.4, -0.2) is 5.16 Å². The lowest BCUT2D eigenvalue weighted by Crippen LogP contribution is -1.66. The van der Waals surface area contributed by atoms with Gasteiger partial charge in [0.05, 0.1) is 6.42 Å². The molecule has 0 bridgehead atoms. The molecule has 0 aliphatic carbocycles. The Morgan fingerprint density at radius 2 is 2.56 bits per heavy atom. The van der Waals surface area contributed by atoms with Crippen molar-refractivity contribution in [3.8, 4) is 0 Å². The fourth-order valence-corrected chi connectivity index (χ4v) is 0.603. The third kappa shape index (κ3) is 1.57. The van der Waals surface area contributed by atoms with Crippen molar-refractivity contribution in [3.63, 3.8) is 0 Å². The van der Waals surface area contributed by atoms with Gasteiger partial charge < -0.3 is 4.52 Å². The van der Waals surface area contributed by atoms with E-state index in [1.165, 1.54) is 0 Å². The smallest absolute Gasteiger partial charge is 0.172 e. The van der Waals surface area contributed by atoms with Crippen molar-refractivity contribution in [1.29, 1.82) is 0 Å². The van der Waals surface area contributed by atoms with Crippen molar-refractivity contribution in [1.82, 2.24) is 5.16 Å². The molecular formula is C6H5ClNO. The average molecular weight is 143 g/mol. The molecule has 0 aliphatic rings. The molecular weight excluding hydrogens is 138 g/mol. The predicted molar refractivity (Wildman–Crippen MR) is 35.1 cm³/mol. The maximum Gasteiger partial charge on any atom is 0.172 e. The number of aromatic nitrogens is 1. The summed E-state index contributed by atoms with van der Waals surface area (Å²) in [5.74, 6) is 0.620. The molecule has 1 aromatic rings. The molecule has 0 saturated heterocycles. The molecule has 1 radical (unpaired) electrons. The molecule has 0 atom stereocenters. The Morgan fingerprint density at radius 3 is 3.00 bits per heavy atom.